The van der Waals surface area contributed by atoms with Crippen LogP contribution in [0.5, 0.6) is 0 Å². The van der Waals surface area contributed by atoms with Crippen LogP contribution in [0.1, 0.15) is 68.7 Å². The molecule has 0 radical (unpaired) electrons. The van der Waals surface area contributed by atoms with Gasteiger partial charge < -0.3 is 10.1 Å². The second-order valence-corrected chi connectivity index (χ2v) is 7.41. The van der Waals surface area contributed by atoms with Crippen molar-refractivity contribution >= 4 is 0 Å². The minimum Gasteiger partial charge on any atom is -0.372 e. The standard InChI is InChI=1S/C19H29NO/c1-14(2)11-19(8-4-5-9-19)18(20-3)15-6-7-16-12-21-13-17(16)10-15/h6-7,10,14,18,20H,4-5,8-9,11-13H2,1-3H3. The molecular formula is C19H29NO. The third-order valence-corrected chi connectivity index (χ3v) is 5.39. The quantitative estimate of drug-likeness (QED) is 0.855. The highest BCUT2D eigenvalue weighted by molar-refractivity contribution is 5.35. The molecule has 0 aromatic heterocycles. The first-order valence-corrected chi connectivity index (χ1v) is 8.51. The number of nitrogens with one attached hydrogen (secondary N) is 1. The van der Waals surface area contributed by atoms with Crippen molar-refractivity contribution in [2.24, 2.45) is 11.3 Å². The number of fused-ring (bicyclic) bond motifs is 1. The van der Waals surface area contributed by atoms with Gasteiger partial charge in [0, 0.05) is 6.04 Å². The van der Waals surface area contributed by atoms with Gasteiger partial charge in [-0.25, -0.2) is 0 Å². The zero-order valence-electron chi connectivity index (χ0n) is 13.7. The molecule has 0 bridgehead atoms. The number of rotatable bonds is 5. The SMILES string of the molecule is CNC(c1ccc2c(c1)COC2)C1(CC(C)C)CCCC1. The second kappa shape index (κ2) is 6.10. The van der Waals surface area contributed by atoms with Crippen LogP contribution in [0.15, 0.2) is 18.2 Å². The van der Waals surface area contributed by atoms with Gasteiger partial charge in [-0.15, -0.1) is 0 Å². The van der Waals surface area contributed by atoms with Gasteiger partial charge >= 0.3 is 0 Å². The minimum atomic E-state index is 0.441. The molecule has 3 rings (SSSR count). The summed E-state index contributed by atoms with van der Waals surface area (Å²) in [6.07, 6.45) is 6.83. The first-order valence-electron chi connectivity index (χ1n) is 8.51. The van der Waals surface area contributed by atoms with Gasteiger partial charge in [-0.1, -0.05) is 44.9 Å². The first-order chi connectivity index (χ1) is 10.1. The molecule has 1 unspecified atom stereocenters. The summed E-state index contributed by atoms with van der Waals surface area (Å²) in [5, 5.41) is 3.66. The van der Waals surface area contributed by atoms with Crippen molar-refractivity contribution in [2.75, 3.05) is 7.05 Å². The highest BCUT2D eigenvalue weighted by atomic mass is 16.5. The average molecular weight is 287 g/mol. The van der Waals surface area contributed by atoms with Gasteiger partial charge in [0.05, 0.1) is 13.2 Å². The fraction of sp³-hybridized carbons (Fsp3) is 0.684. The Kier molecular flexibility index (Phi) is 4.37. The maximum absolute atomic E-state index is 5.58. The molecule has 1 aromatic carbocycles. The summed E-state index contributed by atoms with van der Waals surface area (Å²) in [6, 6.07) is 7.48. The highest BCUT2D eigenvalue weighted by Crippen LogP contribution is 2.51. The predicted molar refractivity (Wildman–Crippen MR) is 87.1 cm³/mol. The molecule has 21 heavy (non-hydrogen) atoms. The van der Waals surface area contributed by atoms with Crippen molar-refractivity contribution in [1.82, 2.24) is 5.32 Å². The molecular weight excluding hydrogens is 258 g/mol. The fourth-order valence-corrected chi connectivity index (χ4v) is 4.70. The van der Waals surface area contributed by atoms with Gasteiger partial charge in [0.15, 0.2) is 0 Å². The summed E-state index contributed by atoms with van der Waals surface area (Å²) in [5.74, 6) is 0.761. The van der Waals surface area contributed by atoms with Crippen LogP contribution in [0, 0.1) is 11.3 Å². The molecule has 0 saturated heterocycles. The van der Waals surface area contributed by atoms with Gasteiger partial charge in [0.2, 0.25) is 0 Å². The monoisotopic (exact) mass is 287 g/mol. The Morgan fingerprint density at radius 3 is 2.52 bits per heavy atom. The summed E-state index contributed by atoms with van der Waals surface area (Å²) >= 11 is 0. The second-order valence-electron chi connectivity index (χ2n) is 7.41. The molecule has 1 aliphatic carbocycles. The zero-order chi connectivity index (χ0) is 14.9. The molecule has 1 aliphatic heterocycles. The van der Waals surface area contributed by atoms with Crippen LogP contribution < -0.4 is 5.32 Å². The van der Waals surface area contributed by atoms with E-state index in [0.29, 0.717) is 11.5 Å². The summed E-state index contributed by atoms with van der Waals surface area (Å²) in [5.41, 5.74) is 4.67. The van der Waals surface area contributed by atoms with Gasteiger partial charge in [-0.05, 0) is 54.3 Å². The molecule has 1 saturated carbocycles. The Bertz CT molecular complexity index is 488. The van der Waals surface area contributed by atoms with Crippen LogP contribution >= 0.6 is 0 Å². The lowest BCUT2D eigenvalue weighted by molar-refractivity contribution is 0.134. The summed E-state index contributed by atoms with van der Waals surface area (Å²) in [6.45, 7) is 6.31. The molecule has 2 aliphatic rings. The van der Waals surface area contributed by atoms with E-state index < -0.39 is 0 Å². The number of benzene rings is 1. The van der Waals surface area contributed by atoms with E-state index in [1.54, 1.807) is 0 Å². The maximum Gasteiger partial charge on any atom is 0.0725 e. The predicted octanol–water partition coefficient (Wildman–Crippen LogP) is 4.58. The molecule has 1 fully saturated rings. The maximum atomic E-state index is 5.58. The van der Waals surface area contributed by atoms with Gasteiger partial charge in [-0.3, -0.25) is 0 Å². The van der Waals surface area contributed by atoms with Gasteiger partial charge in [0.25, 0.3) is 0 Å². The van der Waals surface area contributed by atoms with Crippen LogP contribution in [0.2, 0.25) is 0 Å². The lowest BCUT2D eigenvalue weighted by atomic mass is 9.70. The lowest BCUT2D eigenvalue weighted by Gasteiger charge is -2.39. The van der Waals surface area contributed by atoms with E-state index in [9.17, 15) is 0 Å². The Balaban J connectivity index is 1.92. The van der Waals surface area contributed by atoms with Crippen molar-refractivity contribution < 1.29 is 4.74 Å². The van der Waals surface area contributed by atoms with Crippen LogP contribution in [0.4, 0.5) is 0 Å². The topological polar surface area (TPSA) is 21.3 Å². The van der Waals surface area contributed by atoms with E-state index in [2.05, 4.69) is 44.4 Å². The summed E-state index contributed by atoms with van der Waals surface area (Å²) in [4.78, 5) is 0. The lowest BCUT2D eigenvalue weighted by Crippen LogP contribution is -2.36. The van der Waals surface area contributed by atoms with E-state index in [0.717, 1.165) is 19.1 Å². The molecule has 1 atom stereocenters. The van der Waals surface area contributed by atoms with E-state index >= 15 is 0 Å². The number of hydrogen-bond donors (Lipinski definition) is 1. The molecule has 1 heterocycles. The van der Waals surface area contributed by atoms with Crippen molar-refractivity contribution in [1.29, 1.82) is 0 Å². The zero-order valence-corrected chi connectivity index (χ0v) is 13.7. The average Bonchev–Trinajstić information content (AvgIpc) is 3.08. The molecule has 0 spiro atoms. The summed E-state index contributed by atoms with van der Waals surface area (Å²) < 4.78 is 5.58. The van der Waals surface area contributed by atoms with E-state index in [4.69, 9.17) is 4.74 Å². The summed E-state index contributed by atoms with van der Waals surface area (Å²) in [7, 11) is 2.13. The molecule has 2 heteroatoms. The normalized spacial score (nSPS) is 21.7. The first kappa shape index (κ1) is 15.1. The van der Waals surface area contributed by atoms with Crippen LogP contribution in [-0.4, -0.2) is 7.05 Å². The van der Waals surface area contributed by atoms with Crippen molar-refractivity contribution in [3.05, 3.63) is 34.9 Å². The Hall–Kier alpha value is -0.860. The largest absolute Gasteiger partial charge is 0.372 e. The fourth-order valence-electron chi connectivity index (χ4n) is 4.70. The van der Waals surface area contributed by atoms with E-state index in [1.807, 2.05) is 0 Å². The van der Waals surface area contributed by atoms with Crippen molar-refractivity contribution in [3.8, 4) is 0 Å². The van der Waals surface area contributed by atoms with Crippen molar-refractivity contribution in [3.63, 3.8) is 0 Å². The van der Waals surface area contributed by atoms with Crippen LogP contribution in [0.25, 0.3) is 0 Å². The Morgan fingerprint density at radius 2 is 1.86 bits per heavy atom. The number of ether oxygens (including phenoxy) is 1. The molecule has 1 aromatic rings. The number of hydrogen-bond acceptors (Lipinski definition) is 2. The Morgan fingerprint density at radius 1 is 1.14 bits per heavy atom. The third-order valence-electron chi connectivity index (χ3n) is 5.39. The Labute approximate surface area is 129 Å². The molecule has 2 nitrogen and oxygen atoms in total. The van der Waals surface area contributed by atoms with E-state index in [1.165, 1.54) is 48.8 Å². The van der Waals surface area contributed by atoms with E-state index in [-0.39, 0.29) is 0 Å². The van der Waals surface area contributed by atoms with Crippen LogP contribution in [0.3, 0.4) is 0 Å². The smallest absolute Gasteiger partial charge is 0.0725 e. The highest BCUT2D eigenvalue weighted by Gasteiger charge is 2.41. The van der Waals surface area contributed by atoms with Crippen molar-refractivity contribution in [2.45, 2.75) is 65.2 Å². The molecule has 0 amide bonds. The third kappa shape index (κ3) is 2.89. The molecule has 1 N–H and O–H groups in total. The molecule has 116 valence electrons. The van der Waals surface area contributed by atoms with Gasteiger partial charge in [-0.2, -0.15) is 0 Å². The minimum absolute atomic E-state index is 0.441. The van der Waals surface area contributed by atoms with Crippen LogP contribution in [-0.2, 0) is 18.0 Å². The van der Waals surface area contributed by atoms with Gasteiger partial charge in [0.1, 0.15) is 0 Å².